The van der Waals surface area contributed by atoms with Gasteiger partial charge in [-0.05, 0) is 134 Å². The van der Waals surface area contributed by atoms with Crippen LogP contribution in [0.25, 0.3) is 111 Å². The van der Waals surface area contributed by atoms with Crippen molar-refractivity contribution >= 4 is 65.4 Å². The number of para-hydroxylation sites is 4. The molecule has 4 aromatic heterocycles. The zero-order valence-corrected chi connectivity index (χ0v) is 35.6. The van der Waals surface area contributed by atoms with E-state index >= 15 is 0 Å². The van der Waals surface area contributed by atoms with Gasteiger partial charge in [-0.1, -0.05) is 120 Å². The summed E-state index contributed by atoms with van der Waals surface area (Å²) in [7, 11) is 0. The van der Waals surface area contributed by atoms with Gasteiger partial charge in [0.05, 0.1) is 44.5 Å². The Bertz CT molecular complexity index is 3710. The van der Waals surface area contributed by atoms with Crippen molar-refractivity contribution in [2.45, 2.75) is 13.8 Å². The Morgan fingerprint density at radius 3 is 1.09 bits per heavy atom. The highest BCUT2D eigenvalue weighted by atomic mass is 15.0. The van der Waals surface area contributed by atoms with Crippen LogP contribution < -0.4 is 0 Å². The van der Waals surface area contributed by atoms with Crippen molar-refractivity contribution in [2.75, 3.05) is 0 Å². The van der Waals surface area contributed by atoms with Crippen LogP contribution >= 0.6 is 0 Å². The zero-order valence-electron chi connectivity index (χ0n) is 35.6. The van der Waals surface area contributed by atoms with Crippen LogP contribution in [0.3, 0.4) is 0 Å². The molecule has 0 N–H and O–H groups in total. The maximum absolute atomic E-state index is 2.48. The molecular formula is C60H42N4. The molecule has 0 fully saturated rings. The van der Waals surface area contributed by atoms with E-state index < -0.39 is 0 Å². The molecule has 64 heavy (non-hydrogen) atoms. The Balaban J connectivity index is 1.08. The van der Waals surface area contributed by atoms with Gasteiger partial charge in [-0.2, -0.15) is 0 Å². The third-order valence-corrected chi connectivity index (χ3v) is 13.2. The van der Waals surface area contributed by atoms with E-state index in [-0.39, 0.29) is 0 Å². The second-order valence-electron chi connectivity index (χ2n) is 17.2. The van der Waals surface area contributed by atoms with Crippen molar-refractivity contribution in [3.8, 4) is 45.3 Å². The average molecular weight is 819 g/mol. The minimum atomic E-state index is 1.13. The lowest BCUT2D eigenvalue weighted by Gasteiger charge is -2.14. The van der Waals surface area contributed by atoms with Gasteiger partial charge < -0.3 is 18.3 Å². The van der Waals surface area contributed by atoms with Crippen LogP contribution in [0.4, 0.5) is 0 Å². The third kappa shape index (κ3) is 5.56. The molecule has 4 heterocycles. The fraction of sp³-hybridized carbons (Fsp3) is 0.0333. The van der Waals surface area contributed by atoms with Crippen LogP contribution in [-0.4, -0.2) is 18.3 Å². The predicted molar refractivity (Wildman–Crippen MR) is 269 cm³/mol. The van der Waals surface area contributed by atoms with Gasteiger partial charge in [0.15, 0.2) is 0 Å². The van der Waals surface area contributed by atoms with E-state index in [1.807, 2.05) is 0 Å². The van der Waals surface area contributed by atoms with Crippen LogP contribution in [0.2, 0.25) is 0 Å². The van der Waals surface area contributed by atoms with Gasteiger partial charge in [-0.15, -0.1) is 0 Å². The maximum atomic E-state index is 2.48. The molecule has 13 rings (SSSR count). The van der Waals surface area contributed by atoms with Gasteiger partial charge >= 0.3 is 0 Å². The zero-order chi connectivity index (χ0) is 42.5. The van der Waals surface area contributed by atoms with Crippen LogP contribution in [0.5, 0.6) is 0 Å². The Kier molecular flexibility index (Phi) is 8.00. The lowest BCUT2D eigenvalue weighted by Crippen LogP contribution is -1.99. The third-order valence-electron chi connectivity index (χ3n) is 13.2. The molecule has 13 aromatic rings. The minimum Gasteiger partial charge on any atom is -0.309 e. The SMILES string of the molecule is Cc1cccc(-c2cc3cc4c(cc(-c5cccc(C)c5)n4-c4ccc5c(c4)c4ccccc4n5-c4ccccc4)cc3n2-c2ccc3c(c2)c2ccccc2n3-c2ccccc2)c1. The van der Waals surface area contributed by atoms with Crippen molar-refractivity contribution < 1.29 is 0 Å². The summed E-state index contributed by atoms with van der Waals surface area (Å²) in [4.78, 5) is 0. The van der Waals surface area contributed by atoms with Crippen molar-refractivity contribution in [3.05, 3.63) is 230 Å². The fourth-order valence-electron chi connectivity index (χ4n) is 10.4. The van der Waals surface area contributed by atoms with Crippen LogP contribution in [0.1, 0.15) is 11.1 Å². The maximum Gasteiger partial charge on any atom is 0.0542 e. The molecule has 0 aliphatic carbocycles. The van der Waals surface area contributed by atoms with E-state index in [1.54, 1.807) is 0 Å². The van der Waals surface area contributed by atoms with Gasteiger partial charge in [0.25, 0.3) is 0 Å². The summed E-state index contributed by atoms with van der Waals surface area (Å²) in [6, 6.07) is 80.4. The van der Waals surface area contributed by atoms with Gasteiger partial charge in [0.1, 0.15) is 0 Å². The van der Waals surface area contributed by atoms with E-state index in [0.717, 1.165) is 34.1 Å². The fourth-order valence-corrected chi connectivity index (χ4v) is 10.4. The Morgan fingerprint density at radius 1 is 0.250 bits per heavy atom. The van der Waals surface area contributed by atoms with Crippen LogP contribution in [0, 0.1) is 13.8 Å². The molecule has 0 aliphatic rings. The van der Waals surface area contributed by atoms with Gasteiger partial charge in [-0.3, -0.25) is 0 Å². The lowest BCUT2D eigenvalue weighted by atomic mass is 10.1. The number of aryl methyl sites for hydroxylation is 2. The predicted octanol–water partition coefficient (Wildman–Crippen LogP) is 15.7. The number of aromatic nitrogens is 4. The van der Waals surface area contributed by atoms with Crippen molar-refractivity contribution in [2.24, 2.45) is 0 Å². The summed E-state index contributed by atoms with van der Waals surface area (Å²) < 4.78 is 9.73. The Labute approximate surface area is 370 Å². The van der Waals surface area contributed by atoms with Crippen molar-refractivity contribution in [1.29, 1.82) is 0 Å². The topological polar surface area (TPSA) is 19.7 Å². The number of rotatable bonds is 6. The molecule has 0 atom stereocenters. The van der Waals surface area contributed by atoms with Crippen molar-refractivity contribution in [3.63, 3.8) is 0 Å². The smallest absolute Gasteiger partial charge is 0.0542 e. The second-order valence-corrected chi connectivity index (χ2v) is 17.2. The normalized spacial score (nSPS) is 11.9. The lowest BCUT2D eigenvalue weighted by molar-refractivity contribution is 1.13. The van der Waals surface area contributed by atoms with E-state index in [9.17, 15) is 0 Å². The highest BCUT2D eigenvalue weighted by Crippen LogP contribution is 2.42. The molecule has 0 aliphatic heterocycles. The highest BCUT2D eigenvalue weighted by Gasteiger charge is 2.21. The molecule has 0 amide bonds. The highest BCUT2D eigenvalue weighted by molar-refractivity contribution is 6.12. The molecule has 4 heteroatoms. The monoisotopic (exact) mass is 818 g/mol. The Morgan fingerprint density at radius 2 is 0.656 bits per heavy atom. The first-order valence-electron chi connectivity index (χ1n) is 22.1. The van der Waals surface area contributed by atoms with E-state index in [2.05, 4.69) is 251 Å². The Hall–Kier alpha value is -8.34. The molecule has 0 radical (unpaired) electrons. The first-order chi connectivity index (χ1) is 31.6. The standard InChI is InChI=1S/C60H42N4/c1-39-15-13-17-41(31-39)57-33-43-35-60-44(36-59(43)63(57)47-27-29-55-51(37-47)49-23-9-11-25-53(49)61(55)45-19-5-3-6-20-45)34-58(42-18-14-16-40(2)32-42)64(60)48-28-30-56-52(38-48)50-24-10-12-26-54(50)62(56)46-21-7-4-8-22-46/h3-38H,1-2H3. The van der Waals surface area contributed by atoms with E-state index in [4.69, 9.17) is 0 Å². The number of hydrogen-bond donors (Lipinski definition) is 0. The molecule has 0 unspecified atom stereocenters. The van der Waals surface area contributed by atoms with Crippen molar-refractivity contribution in [1.82, 2.24) is 18.3 Å². The number of fused-ring (bicyclic) bond motifs is 8. The number of benzene rings is 9. The van der Waals surface area contributed by atoms with Crippen LogP contribution in [0.15, 0.2) is 218 Å². The van der Waals surface area contributed by atoms with Gasteiger partial charge in [0.2, 0.25) is 0 Å². The molecule has 0 bridgehead atoms. The summed E-state index contributed by atoms with van der Waals surface area (Å²) in [5.74, 6) is 0. The quantitative estimate of drug-likeness (QED) is 0.159. The second kappa shape index (κ2) is 14.1. The molecule has 0 saturated carbocycles. The van der Waals surface area contributed by atoms with Gasteiger partial charge in [0, 0.05) is 55.1 Å². The largest absolute Gasteiger partial charge is 0.309 e. The summed E-state index contributed by atoms with van der Waals surface area (Å²) in [5, 5.41) is 7.31. The molecule has 0 saturated heterocycles. The first-order valence-corrected chi connectivity index (χ1v) is 22.1. The summed E-state index contributed by atoms with van der Waals surface area (Å²) in [6.45, 7) is 4.36. The van der Waals surface area contributed by atoms with Gasteiger partial charge in [-0.25, -0.2) is 0 Å². The first kappa shape index (κ1) is 36.3. The summed E-state index contributed by atoms with van der Waals surface area (Å²) >= 11 is 0. The number of nitrogens with zero attached hydrogens (tertiary/aromatic N) is 4. The molecule has 302 valence electrons. The minimum absolute atomic E-state index is 1.13. The van der Waals surface area contributed by atoms with E-state index in [0.29, 0.717) is 0 Å². The van der Waals surface area contributed by atoms with Crippen LogP contribution in [-0.2, 0) is 0 Å². The van der Waals surface area contributed by atoms with E-state index in [1.165, 1.54) is 87.7 Å². The molecule has 4 nitrogen and oxygen atoms in total. The molecule has 9 aromatic carbocycles. The number of hydrogen-bond acceptors (Lipinski definition) is 0. The molecular weight excluding hydrogens is 777 g/mol. The summed E-state index contributed by atoms with van der Waals surface area (Å²) in [6.07, 6.45) is 0. The average Bonchev–Trinajstić information content (AvgIpc) is 4.08. The summed E-state index contributed by atoms with van der Waals surface area (Å²) in [5.41, 5.74) is 18.9. The molecule has 0 spiro atoms.